The van der Waals surface area contributed by atoms with E-state index in [9.17, 15) is 4.79 Å². The Morgan fingerprint density at radius 1 is 1.21 bits per heavy atom. The molecule has 0 bridgehead atoms. The standard InChI is InChI=1S/C25H27N5O2S/c1-3-17-7-4-5-9-21(17)26-23(31)19-8-6-14-29(15-19)25-28-30-16-22(27-24(30)33-25)18-10-12-20(32-2)13-11-18/h4-5,7,9-13,16,19H,3,6,8,14-15H2,1-2H3,(H,26,31)/t19-/m0/s1. The first kappa shape index (κ1) is 21.5. The Kier molecular flexibility index (Phi) is 6.00. The summed E-state index contributed by atoms with van der Waals surface area (Å²) in [5.41, 5.74) is 3.98. The number of fused-ring (bicyclic) bond motifs is 1. The van der Waals surface area contributed by atoms with Gasteiger partial charge in [0, 0.05) is 24.3 Å². The van der Waals surface area contributed by atoms with Crippen molar-refractivity contribution in [2.45, 2.75) is 26.2 Å². The highest BCUT2D eigenvalue weighted by atomic mass is 32.1. The lowest BCUT2D eigenvalue weighted by Crippen LogP contribution is -2.40. The molecule has 1 N–H and O–H groups in total. The number of benzene rings is 2. The van der Waals surface area contributed by atoms with Crippen molar-refractivity contribution in [3.8, 4) is 17.0 Å². The van der Waals surface area contributed by atoms with E-state index in [0.29, 0.717) is 6.54 Å². The molecule has 1 aliphatic rings. The van der Waals surface area contributed by atoms with Crippen molar-refractivity contribution in [3.05, 3.63) is 60.3 Å². The van der Waals surface area contributed by atoms with Crippen LogP contribution in [0.4, 0.5) is 10.8 Å². The molecule has 0 spiro atoms. The second-order valence-corrected chi connectivity index (χ2v) is 9.19. The van der Waals surface area contributed by atoms with Crippen molar-refractivity contribution < 1.29 is 9.53 Å². The molecule has 0 aliphatic carbocycles. The molecule has 8 heteroatoms. The largest absolute Gasteiger partial charge is 0.497 e. The SMILES string of the molecule is CCc1ccccc1NC(=O)[C@H]1CCCN(c2nn3cc(-c4ccc(OC)cc4)nc3s2)C1. The molecular formula is C25H27N5O2S. The van der Waals surface area contributed by atoms with E-state index in [1.165, 1.54) is 0 Å². The Bertz CT molecular complexity index is 1230. The highest BCUT2D eigenvalue weighted by Crippen LogP contribution is 2.30. The number of piperidine rings is 1. The molecule has 1 saturated heterocycles. The van der Waals surface area contributed by atoms with Crippen LogP contribution in [0.3, 0.4) is 0 Å². The third-order valence-electron chi connectivity index (χ3n) is 6.14. The molecule has 1 fully saturated rings. The Morgan fingerprint density at radius 3 is 2.79 bits per heavy atom. The summed E-state index contributed by atoms with van der Waals surface area (Å²) in [6.45, 7) is 3.67. The monoisotopic (exact) mass is 461 g/mol. The van der Waals surface area contributed by atoms with Crippen LogP contribution < -0.4 is 15.0 Å². The maximum Gasteiger partial charge on any atom is 0.229 e. The molecule has 0 radical (unpaired) electrons. The van der Waals surface area contributed by atoms with Gasteiger partial charge in [-0.15, -0.1) is 5.10 Å². The maximum absolute atomic E-state index is 13.0. The van der Waals surface area contributed by atoms with Gasteiger partial charge in [0.05, 0.1) is 24.9 Å². The summed E-state index contributed by atoms with van der Waals surface area (Å²) in [6, 6.07) is 15.9. The molecule has 1 aliphatic heterocycles. The number of methoxy groups -OCH3 is 1. The molecule has 1 atom stereocenters. The molecule has 5 rings (SSSR count). The first-order chi connectivity index (χ1) is 16.1. The van der Waals surface area contributed by atoms with Gasteiger partial charge in [0.15, 0.2) is 0 Å². The van der Waals surface area contributed by atoms with E-state index in [0.717, 1.165) is 64.2 Å². The summed E-state index contributed by atoms with van der Waals surface area (Å²) in [6.07, 6.45) is 4.70. The van der Waals surface area contributed by atoms with Crippen LogP contribution >= 0.6 is 11.3 Å². The summed E-state index contributed by atoms with van der Waals surface area (Å²) in [4.78, 5) is 20.8. The Morgan fingerprint density at radius 2 is 2.03 bits per heavy atom. The van der Waals surface area contributed by atoms with Crippen LogP contribution in [0.1, 0.15) is 25.3 Å². The van der Waals surface area contributed by atoms with Gasteiger partial charge in [-0.2, -0.15) is 0 Å². The second-order valence-electron chi connectivity index (χ2n) is 8.25. The highest BCUT2D eigenvalue weighted by Gasteiger charge is 2.28. The van der Waals surface area contributed by atoms with Gasteiger partial charge in [0.2, 0.25) is 16.0 Å². The molecular weight excluding hydrogens is 434 g/mol. The number of carbonyl (C=O) groups is 1. The van der Waals surface area contributed by atoms with Crippen LogP contribution in [-0.2, 0) is 11.2 Å². The fraction of sp³-hybridized carbons (Fsp3) is 0.320. The van der Waals surface area contributed by atoms with Crippen LogP contribution in [0, 0.1) is 5.92 Å². The quantitative estimate of drug-likeness (QED) is 0.443. The first-order valence-electron chi connectivity index (χ1n) is 11.3. The summed E-state index contributed by atoms with van der Waals surface area (Å²) >= 11 is 1.56. The van der Waals surface area contributed by atoms with Gasteiger partial charge in [-0.1, -0.05) is 36.5 Å². The van der Waals surface area contributed by atoms with E-state index in [2.05, 4.69) is 23.2 Å². The van der Waals surface area contributed by atoms with Crippen molar-refractivity contribution in [3.63, 3.8) is 0 Å². The fourth-order valence-corrected chi connectivity index (χ4v) is 5.19. The van der Waals surface area contributed by atoms with E-state index in [-0.39, 0.29) is 11.8 Å². The predicted molar refractivity (Wildman–Crippen MR) is 132 cm³/mol. The van der Waals surface area contributed by atoms with Crippen LogP contribution in [0.15, 0.2) is 54.7 Å². The number of imidazole rings is 1. The zero-order valence-corrected chi connectivity index (χ0v) is 19.6. The molecule has 0 unspecified atom stereocenters. The molecule has 3 heterocycles. The zero-order valence-electron chi connectivity index (χ0n) is 18.8. The van der Waals surface area contributed by atoms with Gasteiger partial charge >= 0.3 is 0 Å². The molecule has 4 aromatic rings. The smallest absolute Gasteiger partial charge is 0.229 e. The Balaban J connectivity index is 1.29. The minimum absolute atomic E-state index is 0.0604. The van der Waals surface area contributed by atoms with Crippen molar-refractivity contribution in [1.29, 1.82) is 0 Å². The van der Waals surface area contributed by atoms with Crippen molar-refractivity contribution in [2.75, 3.05) is 30.4 Å². The number of carbonyl (C=O) groups excluding carboxylic acids is 1. The van der Waals surface area contributed by atoms with Gasteiger partial charge < -0.3 is 15.0 Å². The van der Waals surface area contributed by atoms with Crippen molar-refractivity contribution in [2.24, 2.45) is 5.92 Å². The van der Waals surface area contributed by atoms with Crippen LogP contribution in [0.5, 0.6) is 5.75 Å². The minimum atomic E-state index is -0.0604. The number of nitrogens with one attached hydrogen (secondary N) is 1. The van der Waals surface area contributed by atoms with Gasteiger partial charge in [-0.3, -0.25) is 4.79 Å². The van der Waals surface area contributed by atoms with E-state index in [1.807, 2.05) is 53.2 Å². The third-order valence-corrected chi connectivity index (χ3v) is 7.12. The van der Waals surface area contributed by atoms with Gasteiger partial charge in [-0.25, -0.2) is 9.50 Å². The lowest BCUT2D eigenvalue weighted by atomic mass is 9.97. The fourth-order valence-electron chi connectivity index (χ4n) is 4.27. The van der Waals surface area contributed by atoms with Gasteiger partial charge in [-0.05, 0) is 55.2 Å². The number of para-hydroxylation sites is 1. The number of hydrogen-bond acceptors (Lipinski definition) is 6. The van der Waals surface area contributed by atoms with Crippen molar-refractivity contribution >= 4 is 33.0 Å². The van der Waals surface area contributed by atoms with E-state index >= 15 is 0 Å². The molecule has 0 saturated carbocycles. The number of amides is 1. The summed E-state index contributed by atoms with van der Waals surface area (Å²) < 4.78 is 7.07. The Hall–Kier alpha value is -3.39. The minimum Gasteiger partial charge on any atom is -0.497 e. The summed E-state index contributed by atoms with van der Waals surface area (Å²) in [7, 11) is 1.66. The topological polar surface area (TPSA) is 71.8 Å². The number of hydrogen-bond donors (Lipinski definition) is 1. The average Bonchev–Trinajstić information content (AvgIpc) is 3.44. The average molecular weight is 462 g/mol. The number of rotatable bonds is 6. The van der Waals surface area contributed by atoms with Crippen LogP contribution in [0.25, 0.3) is 16.2 Å². The third kappa shape index (κ3) is 4.43. The first-order valence-corrected chi connectivity index (χ1v) is 12.1. The van der Waals surface area contributed by atoms with E-state index in [1.54, 1.807) is 18.4 Å². The zero-order chi connectivity index (χ0) is 22.8. The van der Waals surface area contributed by atoms with Crippen LogP contribution in [0.2, 0.25) is 0 Å². The second kappa shape index (κ2) is 9.23. The number of anilines is 2. The van der Waals surface area contributed by atoms with Crippen LogP contribution in [-0.4, -0.2) is 40.7 Å². The molecule has 1 amide bonds. The summed E-state index contributed by atoms with van der Waals surface area (Å²) in [5.74, 6) is 0.848. The number of nitrogens with zero attached hydrogens (tertiary/aromatic N) is 4. The lowest BCUT2D eigenvalue weighted by Gasteiger charge is -2.31. The van der Waals surface area contributed by atoms with Gasteiger partial charge in [0.1, 0.15) is 5.75 Å². The number of aromatic nitrogens is 3. The van der Waals surface area contributed by atoms with E-state index in [4.69, 9.17) is 14.8 Å². The van der Waals surface area contributed by atoms with E-state index < -0.39 is 0 Å². The summed E-state index contributed by atoms with van der Waals surface area (Å²) in [5, 5.41) is 8.82. The molecule has 7 nitrogen and oxygen atoms in total. The lowest BCUT2D eigenvalue weighted by molar-refractivity contribution is -0.120. The maximum atomic E-state index is 13.0. The van der Waals surface area contributed by atoms with Gasteiger partial charge in [0.25, 0.3) is 0 Å². The molecule has 2 aromatic carbocycles. The Labute approximate surface area is 197 Å². The molecule has 2 aromatic heterocycles. The molecule has 170 valence electrons. The molecule has 33 heavy (non-hydrogen) atoms. The van der Waals surface area contributed by atoms with Crippen molar-refractivity contribution in [1.82, 2.24) is 14.6 Å². The normalized spacial score (nSPS) is 16.2. The number of ether oxygens (including phenoxy) is 1. The predicted octanol–water partition coefficient (Wildman–Crippen LogP) is 4.88. The number of aryl methyl sites for hydroxylation is 1. The highest BCUT2D eigenvalue weighted by molar-refractivity contribution is 7.20.